The van der Waals surface area contributed by atoms with E-state index in [0.29, 0.717) is 9.90 Å². The van der Waals surface area contributed by atoms with Crippen molar-refractivity contribution in [2.45, 2.75) is 17.7 Å². The Kier molecular flexibility index (Phi) is 4.57. The van der Waals surface area contributed by atoms with Gasteiger partial charge in [0.2, 0.25) is 0 Å². The molecule has 1 aromatic heterocycles. The third-order valence-electron chi connectivity index (χ3n) is 2.52. The van der Waals surface area contributed by atoms with Crippen LogP contribution >= 0.6 is 11.3 Å². The van der Waals surface area contributed by atoms with Crippen LogP contribution in [0.2, 0.25) is 0 Å². The fourth-order valence-corrected chi connectivity index (χ4v) is 3.68. The Labute approximate surface area is 117 Å². The van der Waals surface area contributed by atoms with Crippen LogP contribution in [0.15, 0.2) is 46.0 Å². The van der Waals surface area contributed by atoms with Crippen LogP contribution in [0.4, 0.5) is 5.69 Å². The van der Waals surface area contributed by atoms with Crippen molar-refractivity contribution in [3.05, 3.63) is 47.3 Å². The van der Waals surface area contributed by atoms with Crippen LogP contribution in [0.1, 0.15) is 12.5 Å². The van der Waals surface area contributed by atoms with Crippen molar-refractivity contribution in [3.8, 4) is 0 Å². The smallest absolute Gasteiger partial charge is 0.271 e. The van der Waals surface area contributed by atoms with Gasteiger partial charge < -0.3 is 5.32 Å². The van der Waals surface area contributed by atoms with Crippen molar-refractivity contribution >= 4 is 27.0 Å². The molecule has 2 aromatic rings. The zero-order valence-electron chi connectivity index (χ0n) is 10.6. The average molecular weight is 296 g/mol. The van der Waals surface area contributed by atoms with E-state index < -0.39 is 10.0 Å². The fourth-order valence-electron chi connectivity index (χ4n) is 1.64. The highest BCUT2D eigenvalue weighted by Gasteiger charge is 2.14. The molecular weight excluding hydrogens is 280 g/mol. The van der Waals surface area contributed by atoms with Gasteiger partial charge in [-0.3, -0.25) is 4.72 Å². The molecule has 0 spiro atoms. The number of sulfonamides is 1. The first-order valence-corrected chi connectivity index (χ1v) is 8.34. The van der Waals surface area contributed by atoms with Crippen LogP contribution in [-0.4, -0.2) is 15.0 Å². The van der Waals surface area contributed by atoms with Gasteiger partial charge in [0, 0.05) is 12.2 Å². The number of benzene rings is 1. The van der Waals surface area contributed by atoms with E-state index in [1.54, 1.807) is 23.6 Å². The van der Waals surface area contributed by atoms with Crippen molar-refractivity contribution in [2.75, 3.05) is 11.3 Å². The Morgan fingerprint density at radius 2 is 2.05 bits per heavy atom. The molecule has 0 saturated heterocycles. The summed E-state index contributed by atoms with van der Waals surface area (Å²) in [5.74, 6) is 0. The molecule has 0 aliphatic rings. The monoisotopic (exact) mass is 296 g/mol. The van der Waals surface area contributed by atoms with E-state index in [4.69, 9.17) is 0 Å². The Morgan fingerprint density at radius 1 is 1.21 bits per heavy atom. The molecular formula is C13H16N2O2S2. The van der Waals surface area contributed by atoms with Crippen molar-refractivity contribution < 1.29 is 8.42 Å². The molecule has 0 aliphatic heterocycles. The average Bonchev–Trinajstić information content (AvgIpc) is 2.91. The molecule has 0 atom stereocenters. The highest BCUT2D eigenvalue weighted by molar-refractivity contribution is 7.94. The summed E-state index contributed by atoms with van der Waals surface area (Å²) in [5.41, 5.74) is 1.64. The minimum atomic E-state index is -3.46. The Hall–Kier alpha value is -1.37. The van der Waals surface area contributed by atoms with Gasteiger partial charge >= 0.3 is 0 Å². The van der Waals surface area contributed by atoms with E-state index in [9.17, 15) is 8.42 Å². The summed E-state index contributed by atoms with van der Waals surface area (Å²) in [4.78, 5) is 0. The van der Waals surface area contributed by atoms with Gasteiger partial charge in [0.1, 0.15) is 4.21 Å². The van der Waals surface area contributed by atoms with E-state index in [1.165, 1.54) is 11.3 Å². The second kappa shape index (κ2) is 6.18. The Bertz CT molecular complexity index is 622. The molecule has 6 heteroatoms. The highest BCUT2D eigenvalue weighted by Crippen LogP contribution is 2.20. The second-order valence-electron chi connectivity index (χ2n) is 4.02. The maximum atomic E-state index is 12.1. The summed E-state index contributed by atoms with van der Waals surface area (Å²) in [5, 5.41) is 4.95. The van der Waals surface area contributed by atoms with Crippen LogP contribution < -0.4 is 10.0 Å². The molecule has 2 rings (SSSR count). The zero-order valence-corrected chi connectivity index (χ0v) is 12.2. The number of hydrogen-bond donors (Lipinski definition) is 2. The molecule has 2 N–H and O–H groups in total. The Balaban J connectivity index is 2.15. The van der Waals surface area contributed by atoms with Crippen molar-refractivity contribution in [1.29, 1.82) is 0 Å². The van der Waals surface area contributed by atoms with Crippen LogP contribution in [-0.2, 0) is 16.6 Å². The summed E-state index contributed by atoms with van der Waals surface area (Å²) < 4.78 is 27.1. The number of thiophene rings is 1. The molecule has 0 aliphatic carbocycles. The summed E-state index contributed by atoms with van der Waals surface area (Å²) in [6, 6.07) is 10.7. The maximum Gasteiger partial charge on any atom is 0.271 e. The highest BCUT2D eigenvalue weighted by atomic mass is 32.2. The maximum absolute atomic E-state index is 12.1. The van der Waals surface area contributed by atoms with Crippen molar-refractivity contribution in [1.82, 2.24) is 5.32 Å². The molecule has 102 valence electrons. The number of nitrogens with one attached hydrogen (secondary N) is 2. The van der Waals surface area contributed by atoms with Crippen LogP contribution in [0.3, 0.4) is 0 Å². The summed E-state index contributed by atoms with van der Waals surface area (Å²) in [6.45, 7) is 3.64. The molecule has 0 amide bonds. The van der Waals surface area contributed by atoms with Gasteiger partial charge in [-0.25, -0.2) is 8.42 Å². The molecule has 0 saturated carbocycles. The molecule has 0 unspecified atom stereocenters. The predicted molar refractivity (Wildman–Crippen MR) is 79.0 cm³/mol. The lowest BCUT2D eigenvalue weighted by Gasteiger charge is -2.08. The number of rotatable bonds is 6. The largest absolute Gasteiger partial charge is 0.313 e. The quantitative estimate of drug-likeness (QED) is 0.861. The first-order chi connectivity index (χ1) is 9.12. The lowest BCUT2D eigenvalue weighted by atomic mass is 10.2. The first kappa shape index (κ1) is 14.0. The van der Waals surface area contributed by atoms with E-state index in [1.807, 2.05) is 25.1 Å². The Morgan fingerprint density at radius 3 is 2.74 bits per heavy atom. The number of hydrogen-bond acceptors (Lipinski definition) is 4. The van der Waals surface area contributed by atoms with Gasteiger partial charge in [-0.2, -0.15) is 0 Å². The molecule has 0 bridgehead atoms. The molecule has 19 heavy (non-hydrogen) atoms. The SMILES string of the molecule is CCNCc1cccc(NS(=O)(=O)c2cccs2)c1. The summed E-state index contributed by atoms with van der Waals surface area (Å²) >= 11 is 1.20. The number of anilines is 1. The summed E-state index contributed by atoms with van der Waals surface area (Å²) in [6.07, 6.45) is 0. The fraction of sp³-hybridized carbons (Fsp3) is 0.231. The van der Waals surface area contributed by atoms with E-state index in [0.717, 1.165) is 18.7 Å². The lowest BCUT2D eigenvalue weighted by molar-refractivity contribution is 0.603. The van der Waals surface area contributed by atoms with Gasteiger partial charge in [-0.05, 0) is 35.7 Å². The van der Waals surface area contributed by atoms with Crippen LogP contribution in [0, 0.1) is 0 Å². The third-order valence-corrected chi connectivity index (χ3v) is 5.30. The van der Waals surface area contributed by atoms with Gasteiger partial charge in [0.15, 0.2) is 0 Å². The van der Waals surface area contributed by atoms with Gasteiger partial charge in [0.05, 0.1) is 0 Å². The minimum Gasteiger partial charge on any atom is -0.313 e. The van der Waals surface area contributed by atoms with E-state index in [2.05, 4.69) is 10.0 Å². The van der Waals surface area contributed by atoms with Crippen molar-refractivity contribution in [2.24, 2.45) is 0 Å². The van der Waals surface area contributed by atoms with E-state index in [-0.39, 0.29) is 0 Å². The van der Waals surface area contributed by atoms with Gasteiger partial charge in [0.25, 0.3) is 10.0 Å². The van der Waals surface area contributed by atoms with Crippen LogP contribution in [0.25, 0.3) is 0 Å². The normalized spacial score (nSPS) is 11.4. The van der Waals surface area contributed by atoms with Crippen LogP contribution in [0.5, 0.6) is 0 Å². The standard InChI is InChI=1S/C13H16N2O2S2/c1-2-14-10-11-5-3-6-12(9-11)15-19(16,17)13-7-4-8-18-13/h3-9,14-15H,2,10H2,1H3. The molecule has 0 fully saturated rings. The molecule has 1 heterocycles. The molecule has 0 radical (unpaired) electrons. The third kappa shape index (κ3) is 3.79. The van der Waals surface area contributed by atoms with E-state index >= 15 is 0 Å². The topological polar surface area (TPSA) is 58.2 Å². The predicted octanol–water partition coefficient (Wildman–Crippen LogP) is 2.66. The van der Waals surface area contributed by atoms with Crippen molar-refractivity contribution in [3.63, 3.8) is 0 Å². The lowest BCUT2D eigenvalue weighted by Crippen LogP contribution is -2.13. The van der Waals surface area contributed by atoms with Gasteiger partial charge in [-0.1, -0.05) is 25.1 Å². The second-order valence-corrected chi connectivity index (χ2v) is 6.88. The first-order valence-electron chi connectivity index (χ1n) is 5.98. The molecule has 1 aromatic carbocycles. The summed E-state index contributed by atoms with van der Waals surface area (Å²) in [7, 11) is -3.46. The minimum absolute atomic E-state index is 0.324. The molecule has 4 nitrogen and oxygen atoms in total. The zero-order chi connectivity index (χ0) is 13.7. The van der Waals surface area contributed by atoms with Gasteiger partial charge in [-0.15, -0.1) is 11.3 Å².